The van der Waals surface area contributed by atoms with Crippen LogP contribution in [-0.2, 0) is 16.5 Å². The molecule has 2 aromatic carbocycles. The molecule has 0 unspecified atom stereocenters. The Hall–Kier alpha value is 0.0535. The predicted molar refractivity (Wildman–Crippen MR) is 210 cm³/mol. The van der Waals surface area contributed by atoms with E-state index in [4.69, 9.17) is 0 Å². The quantitative estimate of drug-likeness (QED) is 0.0329. The van der Waals surface area contributed by atoms with E-state index in [1.54, 1.807) is 0 Å². The van der Waals surface area contributed by atoms with E-state index in [1.807, 2.05) is 40.9 Å². The Morgan fingerprint density at radius 1 is 0.444 bits per heavy atom. The Kier molecular flexibility index (Phi) is 35.4. The van der Waals surface area contributed by atoms with Crippen LogP contribution < -0.4 is 10.6 Å². The van der Waals surface area contributed by atoms with Gasteiger partial charge in [-0.3, -0.25) is 0 Å². The van der Waals surface area contributed by atoms with Crippen molar-refractivity contribution in [2.75, 3.05) is 24.6 Å². The van der Waals surface area contributed by atoms with Gasteiger partial charge in [0.1, 0.15) is 0 Å². The first-order chi connectivity index (χ1) is 21.8. The van der Waals surface area contributed by atoms with Crippen LogP contribution in [0.25, 0.3) is 0 Å². The molecular formula is C42H76NiP2-6. The first-order valence-corrected chi connectivity index (χ1v) is 23.1. The third kappa shape index (κ3) is 25.7. The fraction of sp³-hybridized carbons (Fsp3) is 0.762. The van der Waals surface area contributed by atoms with Gasteiger partial charge < -0.3 is 30.3 Å². The molecule has 0 nitrogen and oxygen atoms in total. The summed E-state index contributed by atoms with van der Waals surface area (Å²) in [6, 6.07) is 17.7. The van der Waals surface area contributed by atoms with Crippen LogP contribution in [0.5, 0.6) is 0 Å². The van der Waals surface area contributed by atoms with Crippen molar-refractivity contribution in [3.8, 4) is 0 Å². The Morgan fingerprint density at radius 3 is 1.11 bits per heavy atom. The van der Waals surface area contributed by atoms with Crippen molar-refractivity contribution in [2.45, 2.75) is 182 Å². The van der Waals surface area contributed by atoms with Crippen molar-refractivity contribution >= 4 is 26.5 Å². The standard InChI is InChI=1S/C37H71P2.C5H5.Ni/c1-5-9-13-17-21-25-32-38(33-26-22-18-14-10-6-2)36-30-29-31-37(36)39(34-27-23-19-15-11-7-3)35-28-24-20-16-12-8-4;1-2-4-5-3-1;/h29-31H,5-28,32-35H2,1-4H3;1-5H;/q-1;-5;. The second-order valence-corrected chi connectivity index (χ2v) is 18.2. The molecule has 0 saturated heterocycles. The van der Waals surface area contributed by atoms with Gasteiger partial charge >= 0.3 is 0 Å². The van der Waals surface area contributed by atoms with Crippen LogP contribution >= 0.6 is 15.8 Å². The van der Waals surface area contributed by atoms with Gasteiger partial charge in [-0.1, -0.05) is 156 Å². The molecule has 0 aliphatic rings. The molecule has 2 aromatic rings. The molecule has 0 fully saturated rings. The first-order valence-electron chi connectivity index (χ1n) is 19.7. The molecule has 45 heavy (non-hydrogen) atoms. The van der Waals surface area contributed by atoms with Gasteiger partial charge in [-0.25, -0.2) is 12.1 Å². The number of hydrogen-bond donors (Lipinski definition) is 0. The van der Waals surface area contributed by atoms with Gasteiger partial charge in [0.25, 0.3) is 0 Å². The molecule has 270 valence electrons. The summed E-state index contributed by atoms with van der Waals surface area (Å²) < 4.78 is 0. The Labute approximate surface area is 296 Å². The summed E-state index contributed by atoms with van der Waals surface area (Å²) in [6.45, 7) is 9.35. The van der Waals surface area contributed by atoms with Gasteiger partial charge in [-0.15, -0.1) is 26.5 Å². The molecule has 0 saturated carbocycles. The summed E-state index contributed by atoms with van der Waals surface area (Å²) in [6.07, 6.45) is 40.6. The monoisotopic (exact) mass is 700 g/mol. The zero-order valence-corrected chi connectivity index (χ0v) is 33.4. The molecule has 0 bridgehead atoms. The molecule has 0 N–H and O–H groups in total. The zero-order valence-electron chi connectivity index (χ0n) is 30.6. The van der Waals surface area contributed by atoms with Crippen molar-refractivity contribution in [1.82, 2.24) is 0 Å². The van der Waals surface area contributed by atoms with Crippen LogP contribution in [0.2, 0.25) is 0 Å². The molecule has 0 aliphatic heterocycles. The average Bonchev–Trinajstić information content (AvgIpc) is 3.78. The smallest absolute Gasteiger partial charge is 0 e. The predicted octanol–water partition coefficient (Wildman–Crippen LogP) is 14.5. The van der Waals surface area contributed by atoms with Crippen LogP contribution in [0.4, 0.5) is 0 Å². The van der Waals surface area contributed by atoms with E-state index in [9.17, 15) is 0 Å². The third-order valence-electron chi connectivity index (χ3n) is 9.13. The number of rotatable bonds is 30. The van der Waals surface area contributed by atoms with E-state index in [-0.39, 0.29) is 32.3 Å². The minimum atomic E-state index is 0. The third-order valence-corrected chi connectivity index (χ3v) is 14.9. The minimum absolute atomic E-state index is 0. The van der Waals surface area contributed by atoms with Gasteiger partial charge in [0.2, 0.25) is 0 Å². The summed E-state index contributed by atoms with van der Waals surface area (Å²) >= 11 is 0. The van der Waals surface area contributed by atoms with Crippen molar-refractivity contribution in [3.05, 3.63) is 48.5 Å². The second-order valence-electron chi connectivity index (χ2n) is 13.3. The van der Waals surface area contributed by atoms with Crippen molar-refractivity contribution in [2.24, 2.45) is 0 Å². The van der Waals surface area contributed by atoms with E-state index in [0.717, 1.165) is 0 Å². The summed E-state index contributed by atoms with van der Waals surface area (Å²) in [5, 5.41) is 3.74. The second kappa shape index (κ2) is 35.4. The maximum absolute atomic E-state index is 2.60. The summed E-state index contributed by atoms with van der Waals surface area (Å²) in [5.41, 5.74) is 0. The molecule has 0 aromatic heterocycles. The summed E-state index contributed by atoms with van der Waals surface area (Å²) in [5.74, 6) is 0. The van der Waals surface area contributed by atoms with Gasteiger partial charge in [0.15, 0.2) is 0 Å². The molecule has 0 spiro atoms. The van der Waals surface area contributed by atoms with Crippen molar-refractivity contribution in [3.63, 3.8) is 0 Å². The number of unbranched alkanes of at least 4 members (excludes halogenated alkanes) is 20. The van der Waals surface area contributed by atoms with Crippen LogP contribution in [0.3, 0.4) is 0 Å². The van der Waals surface area contributed by atoms with Crippen LogP contribution in [-0.4, -0.2) is 24.6 Å². The van der Waals surface area contributed by atoms with E-state index in [2.05, 4.69) is 45.9 Å². The molecule has 0 heterocycles. The van der Waals surface area contributed by atoms with Crippen LogP contribution in [0.15, 0.2) is 48.5 Å². The summed E-state index contributed by atoms with van der Waals surface area (Å²) in [7, 11) is 0.0839. The first kappa shape index (κ1) is 45.1. The van der Waals surface area contributed by atoms with Crippen molar-refractivity contribution in [1.29, 1.82) is 0 Å². The van der Waals surface area contributed by atoms with Gasteiger partial charge in [-0.05, 0) is 50.3 Å². The molecule has 0 amide bonds. The van der Waals surface area contributed by atoms with Crippen molar-refractivity contribution < 1.29 is 16.5 Å². The molecule has 2 rings (SSSR count). The maximum Gasteiger partial charge on any atom is 0 e. The summed E-state index contributed by atoms with van der Waals surface area (Å²) in [4.78, 5) is 0. The Balaban J connectivity index is 0.00000291. The molecule has 0 atom stereocenters. The van der Waals surface area contributed by atoms with Gasteiger partial charge in [0, 0.05) is 16.5 Å². The molecule has 0 radical (unpaired) electrons. The van der Waals surface area contributed by atoms with E-state index < -0.39 is 0 Å². The molecular weight excluding hydrogens is 625 g/mol. The SMILES string of the molecule is CCCCCCCCP(CCCCCCCC)c1ccc[c-]1P(CCCCCCCC)CCCCCCCC.[Ni].[cH-]1[cH-][cH-][cH-][cH-]1. The minimum Gasteiger partial charge on any atom is -0.748 e. The Bertz CT molecular complexity index is 683. The van der Waals surface area contributed by atoms with E-state index in [0.29, 0.717) is 0 Å². The topological polar surface area (TPSA) is 0 Å². The van der Waals surface area contributed by atoms with Crippen LogP contribution in [0.1, 0.15) is 182 Å². The fourth-order valence-corrected chi connectivity index (χ4v) is 12.4. The maximum atomic E-state index is 2.60. The molecule has 0 aliphatic carbocycles. The Morgan fingerprint density at radius 2 is 0.756 bits per heavy atom. The van der Waals surface area contributed by atoms with E-state index in [1.165, 1.54) is 179 Å². The average molecular weight is 702 g/mol. The zero-order chi connectivity index (χ0) is 31.8. The largest absolute Gasteiger partial charge is 0.748 e. The van der Waals surface area contributed by atoms with E-state index >= 15 is 0 Å². The van der Waals surface area contributed by atoms with Crippen LogP contribution in [0, 0.1) is 0 Å². The normalized spacial score (nSPS) is 11.2. The number of hydrogen-bond acceptors (Lipinski definition) is 0. The van der Waals surface area contributed by atoms with Gasteiger partial charge in [0.05, 0.1) is 0 Å². The van der Waals surface area contributed by atoms with Gasteiger partial charge in [-0.2, -0.15) is 6.07 Å². The fourth-order valence-electron chi connectivity index (χ4n) is 6.29. The molecule has 3 heteroatoms.